The molecule has 3 aromatic rings. The molecule has 1 aliphatic carbocycles. The second-order valence-electron chi connectivity index (χ2n) is 8.29. The summed E-state index contributed by atoms with van der Waals surface area (Å²) in [4.78, 5) is 19.2. The smallest absolute Gasteiger partial charge is 0.205 e. The van der Waals surface area contributed by atoms with Crippen molar-refractivity contribution in [1.82, 2.24) is 4.98 Å². The fraction of sp³-hybridized carbons (Fsp3) is 0.364. The number of pyridine rings is 1. The number of rotatable bonds is 2. The maximum absolute atomic E-state index is 12.8. The number of hydrogen-bond acceptors (Lipinski definition) is 4. The van der Waals surface area contributed by atoms with Crippen molar-refractivity contribution in [3.63, 3.8) is 0 Å². The average Bonchev–Trinajstić information content (AvgIpc) is 2.94. The third kappa shape index (κ3) is 2.92. The minimum Gasteiger partial charge on any atom is -0.397 e. The van der Waals surface area contributed by atoms with Crippen molar-refractivity contribution in [3.05, 3.63) is 58.1 Å². The summed E-state index contributed by atoms with van der Waals surface area (Å²) in [6, 6.07) is 11.5. The molecule has 2 N–H and O–H groups in total. The topological polar surface area (TPSA) is 56.0 Å². The third-order valence-electron chi connectivity index (χ3n) is 5.55. The van der Waals surface area contributed by atoms with E-state index in [0.29, 0.717) is 27.5 Å². The van der Waals surface area contributed by atoms with Crippen molar-refractivity contribution in [3.8, 4) is 0 Å². The van der Waals surface area contributed by atoms with E-state index in [1.807, 2.05) is 30.3 Å². The van der Waals surface area contributed by atoms with Gasteiger partial charge in [-0.3, -0.25) is 4.79 Å². The van der Waals surface area contributed by atoms with Gasteiger partial charge in [-0.15, -0.1) is 11.3 Å². The van der Waals surface area contributed by atoms with Crippen LogP contribution in [0.2, 0.25) is 0 Å². The number of ketones is 1. The van der Waals surface area contributed by atoms with Gasteiger partial charge in [-0.05, 0) is 42.2 Å². The molecule has 2 heterocycles. The second kappa shape index (κ2) is 6.20. The SMILES string of the molecule is CC(C)(C)[C@H]1CCc2nc3sc(C(=O)c4ccccc4)c(N)c3cc2C1. The number of anilines is 1. The second-order valence-corrected chi connectivity index (χ2v) is 9.29. The molecule has 3 nitrogen and oxygen atoms in total. The number of nitrogen functional groups attached to an aromatic ring is 1. The van der Waals surface area contributed by atoms with Gasteiger partial charge in [0, 0.05) is 16.6 Å². The Morgan fingerprint density at radius 3 is 2.65 bits per heavy atom. The molecular weight excluding hydrogens is 340 g/mol. The van der Waals surface area contributed by atoms with Crippen molar-refractivity contribution in [2.24, 2.45) is 11.3 Å². The van der Waals surface area contributed by atoms with Crippen LogP contribution in [0.1, 0.15) is 53.7 Å². The number of carbonyl (C=O) groups excluding carboxylic acids is 1. The molecule has 0 aliphatic heterocycles. The lowest BCUT2D eigenvalue weighted by atomic mass is 9.71. The fourth-order valence-electron chi connectivity index (χ4n) is 3.82. The molecule has 0 radical (unpaired) electrons. The van der Waals surface area contributed by atoms with E-state index in [1.54, 1.807) is 0 Å². The van der Waals surface area contributed by atoms with E-state index in [4.69, 9.17) is 10.7 Å². The maximum Gasteiger partial charge on any atom is 0.205 e. The minimum atomic E-state index is -0.0170. The van der Waals surface area contributed by atoms with Crippen molar-refractivity contribution < 1.29 is 4.79 Å². The number of benzene rings is 1. The highest BCUT2D eigenvalue weighted by Gasteiger charge is 2.30. The van der Waals surface area contributed by atoms with Gasteiger partial charge in [0.05, 0.1) is 5.69 Å². The van der Waals surface area contributed by atoms with Crippen LogP contribution in [-0.4, -0.2) is 10.8 Å². The minimum absolute atomic E-state index is 0.0170. The number of nitrogens with two attached hydrogens (primary N) is 1. The monoisotopic (exact) mass is 364 g/mol. The molecule has 1 aliphatic rings. The van der Waals surface area contributed by atoms with Crippen molar-refractivity contribution >= 4 is 33.0 Å². The molecule has 4 heteroatoms. The first-order chi connectivity index (χ1) is 12.3. The molecule has 0 bridgehead atoms. The predicted molar refractivity (Wildman–Crippen MR) is 109 cm³/mol. The number of hydrogen-bond donors (Lipinski definition) is 1. The van der Waals surface area contributed by atoms with E-state index in [-0.39, 0.29) is 5.78 Å². The molecule has 134 valence electrons. The van der Waals surface area contributed by atoms with E-state index in [9.17, 15) is 4.79 Å². The van der Waals surface area contributed by atoms with Crippen LogP contribution in [0, 0.1) is 11.3 Å². The van der Waals surface area contributed by atoms with Crippen LogP contribution in [0.3, 0.4) is 0 Å². The first-order valence-electron chi connectivity index (χ1n) is 9.15. The van der Waals surface area contributed by atoms with E-state index < -0.39 is 0 Å². The molecule has 1 atom stereocenters. The van der Waals surface area contributed by atoms with Crippen molar-refractivity contribution in [2.75, 3.05) is 5.73 Å². The maximum atomic E-state index is 12.8. The molecule has 0 spiro atoms. The van der Waals surface area contributed by atoms with Crippen molar-refractivity contribution in [2.45, 2.75) is 40.0 Å². The Morgan fingerprint density at radius 2 is 1.96 bits per heavy atom. The first kappa shape index (κ1) is 17.2. The number of aryl methyl sites for hydroxylation is 1. The average molecular weight is 365 g/mol. The van der Waals surface area contributed by atoms with Gasteiger partial charge in [-0.2, -0.15) is 0 Å². The predicted octanol–water partition coefficient (Wildman–Crippen LogP) is 5.26. The zero-order valence-corrected chi connectivity index (χ0v) is 16.3. The summed E-state index contributed by atoms with van der Waals surface area (Å²) in [5, 5.41) is 0.933. The molecule has 0 saturated heterocycles. The summed E-state index contributed by atoms with van der Waals surface area (Å²) in [5.41, 5.74) is 10.4. The first-order valence-corrected chi connectivity index (χ1v) is 9.97. The normalized spacial score (nSPS) is 17.3. The largest absolute Gasteiger partial charge is 0.397 e. The lowest BCUT2D eigenvalue weighted by molar-refractivity contribution is 0.104. The summed E-state index contributed by atoms with van der Waals surface area (Å²) < 4.78 is 0. The summed E-state index contributed by atoms with van der Waals surface area (Å²) in [5.74, 6) is 0.635. The molecule has 1 aromatic carbocycles. The van der Waals surface area contributed by atoms with Crippen LogP contribution >= 0.6 is 11.3 Å². The van der Waals surface area contributed by atoms with Crippen molar-refractivity contribution in [1.29, 1.82) is 0 Å². The van der Waals surface area contributed by atoms with Crippen LogP contribution in [-0.2, 0) is 12.8 Å². The van der Waals surface area contributed by atoms with Crippen LogP contribution in [0.5, 0.6) is 0 Å². The lowest BCUT2D eigenvalue weighted by Crippen LogP contribution is -2.27. The Balaban J connectivity index is 1.76. The Bertz CT molecular complexity index is 983. The summed E-state index contributed by atoms with van der Waals surface area (Å²) in [6.45, 7) is 6.93. The summed E-state index contributed by atoms with van der Waals surface area (Å²) >= 11 is 1.42. The van der Waals surface area contributed by atoms with E-state index in [0.717, 1.165) is 23.1 Å². The van der Waals surface area contributed by atoms with Gasteiger partial charge in [-0.1, -0.05) is 51.1 Å². The molecule has 26 heavy (non-hydrogen) atoms. The Morgan fingerprint density at radius 1 is 1.23 bits per heavy atom. The molecule has 0 unspecified atom stereocenters. The van der Waals surface area contributed by atoms with Gasteiger partial charge in [0.2, 0.25) is 5.78 Å². The van der Waals surface area contributed by atoms with E-state index >= 15 is 0 Å². The van der Waals surface area contributed by atoms with Gasteiger partial charge in [-0.25, -0.2) is 4.98 Å². The quantitative estimate of drug-likeness (QED) is 0.631. The summed E-state index contributed by atoms with van der Waals surface area (Å²) in [7, 11) is 0. The third-order valence-corrected chi connectivity index (χ3v) is 6.67. The number of fused-ring (bicyclic) bond motifs is 2. The van der Waals surface area contributed by atoms with Crippen LogP contribution in [0.15, 0.2) is 36.4 Å². The number of aromatic nitrogens is 1. The highest BCUT2D eigenvalue weighted by Crippen LogP contribution is 2.40. The van der Waals surface area contributed by atoms with Gasteiger partial charge >= 0.3 is 0 Å². The highest BCUT2D eigenvalue weighted by molar-refractivity contribution is 7.21. The number of thiophene rings is 1. The molecule has 2 aromatic heterocycles. The number of carbonyl (C=O) groups is 1. The van der Waals surface area contributed by atoms with Crippen LogP contribution in [0.25, 0.3) is 10.2 Å². The lowest BCUT2D eigenvalue weighted by Gasteiger charge is -2.34. The molecule has 0 saturated carbocycles. The molecular formula is C22H24N2OS. The zero-order valence-electron chi connectivity index (χ0n) is 15.5. The Labute approximate surface area is 158 Å². The standard InChI is InChI=1S/C22H24N2OS/c1-22(2,3)15-9-10-17-14(11-15)12-16-18(23)20(26-21(16)24-17)19(25)13-7-5-4-6-8-13/h4-8,12,15H,9-11,23H2,1-3H3/t15-/m0/s1. The Kier molecular flexibility index (Phi) is 4.11. The van der Waals surface area contributed by atoms with Gasteiger partial charge in [0.1, 0.15) is 9.71 Å². The van der Waals surface area contributed by atoms with Gasteiger partial charge in [0.15, 0.2) is 0 Å². The van der Waals surface area contributed by atoms with Gasteiger partial charge < -0.3 is 5.73 Å². The fourth-order valence-corrected chi connectivity index (χ4v) is 4.88. The van der Waals surface area contributed by atoms with Crippen LogP contribution in [0.4, 0.5) is 5.69 Å². The molecule has 0 fully saturated rings. The van der Waals surface area contributed by atoms with Crippen LogP contribution < -0.4 is 5.73 Å². The molecule has 0 amide bonds. The van der Waals surface area contributed by atoms with E-state index in [2.05, 4.69) is 26.8 Å². The highest BCUT2D eigenvalue weighted by atomic mass is 32.1. The Hall–Kier alpha value is -2.20. The molecule has 4 rings (SSSR count). The zero-order chi connectivity index (χ0) is 18.5. The van der Waals surface area contributed by atoms with E-state index in [1.165, 1.54) is 29.0 Å². The number of nitrogens with zero attached hydrogens (tertiary/aromatic N) is 1. The van der Waals surface area contributed by atoms with Gasteiger partial charge in [0.25, 0.3) is 0 Å². The summed E-state index contributed by atoms with van der Waals surface area (Å²) in [6.07, 6.45) is 3.22.